The zero-order valence-corrected chi connectivity index (χ0v) is 23.1. The lowest BCUT2D eigenvalue weighted by Crippen LogP contribution is -2.37. The molecule has 0 spiro atoms. The van der Waals surface area contributed by atoms with Crippen molar-refractivity contribution >= 4 is 29.5 Å². The van der Waals surface area contributed by atoms with Crippen LogP contribution in [0.1, 0.15) is 83.1 Å². The Morgan fingerprint density at radius 2 is 1.79 bits per heavy atom. The molecule has 0 radical (unpaired) electrons. The minimum atomic E-state index is -0.744. The molecular weight excluding hydrogens is 490 g/mol. The van der Waals surface area contributed by atoms with Crippen molar-refractivity contribution in [2.45, 2.75) is 85.4 Å². The predicted molar refractivity (Wildman–Crippen MR) is 143 cm³/mol. The number of rotatable bonds is 6. The SMILES string of the molecule is CC(C)(C)Cn1c(=O)c(C(=O)NC2CC2)c(O)n2nc(NC(=O)OC(C)(C)C)c(/C=C/C3CCOCC3)c12. The standard InChI is InChI=1S/C27H39N5O6/c1-26(2,3)15-31-22-18(10-7-16-11-13-37-14-12-16)20(29-25(36)38-27(4,5)6)30-32(22)24(35)19(23(31)34)21(33)28-17-8-9-17/h7,10,16-17,35H,8-9,11-15H2,1-6H3,(H,28,33)(H,29,30,36)/b10-7+. The third kappa shape index (κ3) is 6.56. The molecule has 11 heteroatoms. The van der Waals surface area contributed by atoms with Gasteiger partial charge in [-0.15, -0.1) is 5.10 Å². The van der Waals surface area contributed by atoms with Crippen LogP contribution in [-0.4, -0.2) is 56.1 Å². The highest BCUT2D eigenvalue weighted by Gasteiger charge is 2.32. The molecule has 2 aliphatic rings. The summed E-state index contributed by atoms with van der Waals surface area (Å²) >= 11 is 0. The number of hydrogen-bond acceptors (Lipinski definition) is 7. The predicted octanol–water partition coefficient (Wildman–Crippen LogP) is 3.93. The molecule has 1 saturated heterocycles. The van der Waals surface area contributed by atoms with Crippen molar-refractivity contribution in [3.05, 3.63) is 27.6 Å². The molecule has 0 unspecified atom stereocenters. The Morgan fingerprint density at radius 3 is 2.37 bits per heavy atom. The van der Waals surface area contributed by atoms with Crippen molar-refractivity contribution in [1.82, 2.24) is 19.5 Å². The molecule has 3 N–H and O–H groups in total. The van der Waals surface area contributed by atoms with Gasteiger partial charge in [-0.1, -0.05) is 32.9 Å². The molecule has 1 saturated carbocycles. The number of carbonyl (C=O) groups is 2. The fourth-order valence-corrected chi connectivity index (χ4v) is 4.35. The van der Waals surface area contributed by atoms with Crippen LogP contribution in [0.3, 0.4) is 0 Å². The van der Waals surface area contributed by atoms with Crippen LogP contribution in [0.15, 0.2) is 10.9 Å². The van der Waals surface area contributed by atoms with Gasteiger partial charge in [-0.3, -0.25) is 19.5 Å². The number of nitrogens with zero attached hydrogens (tertiary/aromatic N) is 3. The number of aromatic nitrogens is 3. The topological polar surface area (TPSA) is 136 Å². The summed E-state index contributed by atoms with van der Waals surface area (Å²) < 4.78 is 13.5. The van der Waals surface area contributed by atoms with Gasteiger partial charge in [0.2, 0.25) is 5.88 Å². The Hall–Kier alpha value is -3.34. The van der Waals surface area contributed by atoms with Gasteiger partial charge in [-0.25, -0.2) is 4.79 Å². The highest BCUT2D eigenvalue weighted by Crippen LogP contribution is 2.30. The maximum atomic E-state index is 13.8. The summed E-state index contributed by atoms with van der Waals surface area (Å²) in [5.74, 6) is -0.866. The fourth-order valence-electron chi connectivity index (χ4n) is 4.35. The average molecular weight is 530 g/mol. The molecular formula is C27H39N5O6. The summed E-state index contributed by atoms with van der Waals surface area (Å²) in [4.78, 5) is 39.5. The largest absolute Gasteiger partial charge is 0.492 e. The first-order chi connectivity index (χ1) is 17.7. The van der Waals surface area contributed by atoms with E-state index < -0.39 is 29.0 Å². The normalized spacial score (nSPS) is 17.2. The molecule has 2 amide bonds. The van der Waals surface area contributed by atoms with Crippen LogP contribution in [0.25, 0.3) is 11.7 Å². The number of anilines is 1. The summed E-state index contributed by atoms with van der Waals surface area (Å²) in [5.41, 5.74) is -1.37. The van der Waals surface area contributed by atoms with E-state index in [9.17, 15) is 19.5 Å². The number of allylic oxidation sites excluding steroid dienone is 1. The second-order valence-corrected chi connectivity index (χ2v) is 12.3. The van der Waals surface area contributed by atoms with Crippen molar-refractivity contribution in [3.63, 3.8) is 0 Å². The van der Waals surface area contributed by atoms with Gasteiger partial charge in [-0.2, -0.15) is 4.52 Å². The number of nitrogens with one attached hydrogen (secondary N) is 2. The molecule has 1 aliphatic heterocycles. The van der Waals surface area contributed by atoms with Crippen molar-refractivity contribution in [2.75, 3.05) is 18.5 Å². The maximum absolute atomic E-state index is 13.8. The van der Waals surface area contributed by atoms with Gasteiger partial charge in [0.25, 0.3) is 11.5 Å². The van der Waals surface area contributed by atoms with E-state index in [2.05, 4.69) is 15.7 Å². The van der Waals surface area contributed by atoms with Gasteiger partial charge >= 0.3 is 6.09 Å². The summed E-state index contributed by atoms with van der Waals surface area (Å²) in [5, 5.41) is 21.1. The highest BCUT2D eigenvalue weighted by molar-refractivity contribution is 5.97. The zero-order valence-electron chi connectivity index (χ0n) is 23.1. The summed E-state index contributed by atoms with van der Waals surface area (Å²) in [6.07, 6.45) is 6.45. The molecule has 3 heterocycles. The van der Waals surface area contributed by atoms with Crippen LogP contribution in [0, 0.1) is 11.3 Å². The van der Waals surface area contributed by atoms with Gasteiger partial charge in [0.15, 0.2) is 17.0 Å². The van der Waals surface area contributed by atoms with E-state index in [1.54, 1.807) is 20.8 Å². The molecule has 2 aromatic rings. The quantitative estimate of drug-likeness (QED) is 0.516. The number of aromatic hydroxyl groups is 1. The molecule has 2 aromatic heterocycles. The molecule has 208 valence electrons. The van der Waals surface area contributed by atoms with E-state index >= 15 is 0 Å². The second-order valence-electron chi connectivity index (χ2n) is 12.3. The van der Waals surface area contributed by atoms with Crippen molar-refractivity contribution < 1.29 is 24.2 Å². The smallest absolute Gasteiger partial charge is 0.413 e. The van der Waals surface area contributed by atoms with Crippen molar-refractivity contribution in [2.24, 2.45) is 11.3 Å². The van der Waals surface area contributed by atoms with Gasteiger partial charge in [-0.05, 0) is 57.8 Å². The van der Waals surface area contributed by atoms with Gasteiger partial charge < -0.3 is 19.9 Å². The van der Waals surface area contributed by atoms with Crippen LogP contribution < -0.4 is 16.2 Å². The Kier molecular flexibility index (Phi) is 7.60. The number of fused-ring (bicyclic) bond motifs is 1. The van der Waals surface area contributed by atoms with Crippen molar-refractivity contribution in [3.8, 4) is 5.88 Å². The number of carbonyl (C=O) groups excluding carboxylic acids is 2. The average Bonchev–Trinajstić information content (AvgIpc) is 3.53. The second kappa shape index (κ2) is 10.4. The zero-order chi connectivity index (χ0) is 27.8. The van der Waals surface area contributed by atoms with Crippen LogP contribution in [0.2, 0.25) is 0 Å². The molecule has 4 rings (SSSR count). The first-order valence-electron chi connectivity index (χ1n) is 13.2. The monoisotopic (exact) mass is 529 g/mol. The van der Waals surface area contributed by atoms with Gasteiger partial charge in [0, 0.05) is 25.8 Å². The molecule has 0 atom stereocenters. The third-order valence-corrected chi connectivity index (χ3v) is 6.23. The summed E-state index contributed by atoms with van der Waals surface area (Å²) in [7, 11) is 0. The van der Waals surface area contributed by atoms with Crippen LogP contribution >= 0.6 is 0 Å². The molecule has 11 nitrogen and oxygen atoms in total. The molecule has 0 aromatic carbocycles. The Labute approximate surface area is 222 Å². The molecule has 0 bridgehead atoms. The highest BCUT2D eigenvalue weighted by atomic mass is 16.6. The lowest BCUT2D eigenvalue weighted by Gasteiger charge is -2.22. The van der Waals surface area contributed by atoms with Crippen LogP contribution in [-0.2, 0) is 16.0 Å². The molecule has 2 fully saturated rings. The van der Waals surface area contributed by atoms with E-state index in [-0.39, 0.29) is 40.9 Å². The van der Waals surface area contributed by atoms with Crippen molar-refractivity contribution in [1.29, 1.82) is 0 Å². The summed E-state index contributed by atoms with van der Waals surface area (Å²) in [6, 6.07) is -0.00644. The lowest BCUT2D eigenvalue weighted by atomic mass is 9.96. The Balaban J connectivity index is 1.91. The first kappa shape index (κ1) is 27.7. The first-order valence-corrected chi connectivity index (χ1v) is 13.2. The maximum Gasteiger partial charge on any atom is 0.413 e. The minimum absolute atomic E-state index is 0.00644. The lowest BCUT2D eigenvalue weighted by molar-refractivity contribution is 0.0634. The van der Waals surface area contributed by atoms with Gasteiger partial charge in [0.1, 0.15) is 5.60 Å². The Morgan fingerprint density at radius 1 is 1.13 bits per heavy atom. The Bertz CT molecular complexity index is 1300. The fraction of sp³-hybridized carbons (Fsp3) is 0.630. The molecule has 38 heavy (non-hydrogen) atoms. The van der Waals surface area contributed by atoms with E-state index in [4.69, 9.17) is 9.47 Å². The number of ether oxygens (including phenoxy) is 2. The van der Waals surface area contributed by atoms with Gasteiger partial charge in [0.05, 0.1) is 5.56 Å². The summed E-state index contributed by atoms with van der Waals surface area (Å²) in [6.45, 7) is 12.7. The number of amides is 2. The van der Waals surface area contributed by atoms with E-state index in [0.717, 1.165) is 30.2 Å². The molecule has 1 aliphatic carbocycles. The number of hydrogen-bond donors (Lipinski definition) is 3. The van der Waals surface area contributed by atoms with Crippen LogP contribution in [0.5, 0.6) is 5.88 Å². The van der Waals surface area contributed by atoms with E-state index in [0.29, 0.717) is 18.8 Å². The van der Waals surface area contributed by atoms with Crippen LogP contribution in [0.4, 0.5) is 10.6 Å². The van der Waals surface area contributed by atoms with E-state index in [1.807, 2.05) is 32.9 Å². The van der Waals surface area contributed by atoms with E-state index in [1.165, 1.54) is 4.57 Å². The third-order valence-electron chi connectivity index (χ3n) is 6.23. The minimum Gasteiger partial charge on any atom is -0.492 e.